The van der Waals surface area contributed by atoms with Gasteiger partial charge in [-0.1, -0.05) is 42.4 Å². The van der Waals surface area contributed by atoms with Crippen LogP contribution >= 0.6 is 0 Å². The molecule has 6 rings (SSSR count). The van der Waals surface area contributed by atoms with E-state index >= 15 is 0 Å². The van der Waals surface area contributed by atoms with Gasteiger partial charge in [-0.3, -0.25) is 5.10 Å². The molecule has 156 valence electrons. The number of H-pyrrole nitrogens is 1. The van der Waals surface area contributed by atoms with Crippen molar-refractivity contribution in [2.45, 2.75) is 64.1 Å². The summed E-state index contributed by atoms with van der Waals surface area (Å²) in [6.07, 6.45) is 12.8. The van der Waals surface area contributed by atoms with Gasteiger partial charge in [0.25, 0.3) is 0 Å². The summed E-state index contributed by atoms with van der Waals surface area (Å²) in [6.45, 7) is 2.36. The molecular weight excluding hydrogens is 372 g/mol. The largest absolute Gasteiger partial charge is 0.393 e. The number of aliphatic hydroxyl groups is 2. The molecule has 1 fully saturated rings. The number of aromatic amines is 1. The first-order valence-corrected chi connectivity index (χ1v) is 11.5. The maximum Gasteiger partial charge on any atom is 0.0798 e. The van der Waals surface area contributed by atoms with Crippen molar-refractivity contribution >= 4 is 16.5 Å². The summed E-state index contributed by atoms with van der Waals surface area (Å²) in [6, 6.07) is 6.56. The molecule has 2 aromatic rings. The molecule has 4 heteroatoms. The Labute approximate surface area is 177 Å². The number of hydrogen-bond donors (Lipinski definition) is 3. The van der Waals surface area contributed by atoms with E-state index < -0.39 is 6.10 Å². The lowest BCUT2D eigenvalue weighted by Gasteiger charge is -2.43. The molecule has 4 nitrogen and oxygen atoms in total. The van der Waals surface area contributed by atoms with E-state index in [9.17, 15) is 10.2 Å². The van der Waals surface area contributed by atoms with Gasteiger partial charge in [0.1, 0.15) is 0 Å². The third-order valence-electron chi connectivity index (χ3n) is 8.41. The second kappa shape index (κ2) is 6.66. The lowest BCUT2D eigenvalue weighted by Crippen LogP contribution is -2.37. The molecule has 1 saturated carbocycles. The zero-order valence-corrected chi connectivity index (χ0v) is 17.6. The summed E-state index contributed by atoms with van der Waals surface area (Å²) in [7, 11) is 0. The van der Waals surface area contributed by atoms with E-state index in [4.69, 9.17) is 0 Å². The van der Waals surface area contributed by atoms with Gasteiger partial charge in [0.15, 0.2) is 0 Å². The fourth-order valence-corrected chi connectivity index (χ4v) is 6.84. The summed E-state index contributed by atoms with van der Waals surface area (Å²) in [5, 5.41) is 29.9. The third-order valence-corrected chi connectivity index (χ3v) is 8.41. The van der Waals surface area contributed by atoms with Crippen molar-refractivity contribution in [3.05, 3.63) is 58.8 Å². The quantitative estimate of drug-likeness (QED) is 0.634. The standard InChI is InChI=1S/C26H30N2O2/c1-26-13-25(30)21-11-18-10-19(29)6-4-15(18)5-7-20(21)23(26)9-8-22(26)16-2-3-17-14-27-28-24(17)12-16/h2-3,8,11-12,14-15,19,23,25,29-30H,4-7,9-10,13H2,1H3,(H,27,28). The van der Waals surface area contributed by atoms with E-state index in [1.807, 2.05) is 6.20 Å². The average molecular weight is 403 g/mol. The average Bonchev–Trinajstić information content (AvgIpc) is 3.26. The number of rotatable bonds is 1. The number of allylic oxidation sites excluding steroid dienone is 3. The van der Waals surface area contributed by atoms with Crippen LogP contribution in [0, 0.1) is 17.3 Å². The topological polar surface area (TPSA) is 69.1 Å². The van der Waals surface area contributed by atoms with Crippen molar-refractivity contribution < 1.29 is 10.2 Å². The van der Waals surface area contributed by atoms with Crippen molar-refractivity contribution in [2.75, 3.05) is 0 Å². The van der Waals surface area contributed by atoms with E-state index in [1.54, 1.807) is 0 Å². The highest BCUT2D eigenvalue weighted by atomic mass is 16.3. The Hall–Kier alpha value is -2.17. The van der Waals surface area contributed by atoms with E-state index in [0.717, 1.165) is 55.8 Å². The third kappa shape index (κ3) is 2.70. The zero-order valence-electron chi connectivity index (χ0n) is 17.6. The maximum absolute atomic E-state index is 11.3. The smallest absolute Gasteiger partial charge is 0.0798 e. The molecule has 0 saturated heterocycles. The Balaban J connectivity index is 1.38. The predicted octanol–water partition coefficient (Wildman–Crippen LogP) is 4.91. The number of nitrogens with one attached hydrogen (secondary N) is 1. The van der Waals surface area contributed by atoms with Gasteiger partial charge >= 0.3 is 0 Å². The first-order chi connectivity index (χ1) is 14.5. The van der Waals surface area contributed by atoms with Gasteiger partial charge in [-0.15, -0.1) is 0 Å². The summed E-state index contributed by atoms with van der Waals surface area (Å²) in [5.41, 5.74) is 7.66. The molecule has 0 aliphatic heterocycles. The van der Waals surface area contributed by atoms with Crippen LogP contribution < -0.4 is 0 Å². The minimum Gasteiger partial charge on any atom is -0.393 e. The summed E-state index contributed by atoms with van der Waals surface area (Å²) < 4.78 is 0. The second-order valence-electron chi connectivity index (χ2n) is 10.1. The molecule has 5 unspecified atom stereocenters. The highest BCUT2D eigenvalue weighted by Crippen LogP contribution is 2.59. The first-order valence-electron chi connectivity index (χ1n) is 11.5. The molecule has 5 atom stereocenters. The minimum atomic E-state index is -0.427. The predicted molar refractivity (Wildman–Crippen MR) is 119 cm³/mol. The van der Waals surface area contributed by atoms with Crippen molar-refractivity contribution in [1.82, 2.24) is 10.2 Å². The van der Waals surface area contributed by atoms with E-state index in [2.05, 4.69) is 47.5 Å². The Morgan fingerprint density at radius 2 is 2.07 bits per heavy atom. The van der Waals surface area contributed by atoms with Gasteiger partial charge in [-0.25, -0.2) is 0 Å². The fraction of sp³-hybridized carbons (Fsp3) is 0.500. The van der Waals surface area contributed by atoms with Gasteiger partial charge in [-0.2, -0.15) is 5.10 Å². The highest BCUT2D eigenvalue weighted by Gasteiger charge is 2.49. The summed E-state index contributed by atoms with van der Waals surface area (Å²) in [4.78, 5) is 0. The Bertz CT molecular complexity index is 1110. The Kier molecular flexibility index (Phi) is 4.13. The van der Waals surface area contributed by atoms with Crippen molar-refractivity contribution in [1.29, 1.82) is 0 Å². The number of aliphatic hydroxyl groups excluding tert-OH is 2. The van der Waals surface area contributed by atoms with Gasteiger partial charge in [0, 0.05) is 10.8 Å². The van der Waals surface area contributed by atoms with Gasteiger partial charge in [-0.05, 0) is 79.6 Å². The van der Waals surface area contributed by atoms with Crippen LogP contribution in [0.25, 0.3) is 16.5 Å². The molecule has 30 heavy (non-hydrogen) atoms. The number of fused-ring (bicyclic) bond motifs is 4. The molecule has 1 aromatic heterocycles. The Morgan fingerprint density at radius 3 is 2.97 bits per heavy atom. The molecule has 0 spiro atoms. The molecule has 1 heterocycles. The molecule has 1 aromatic carbocycles. The number of nitrogens with zero attached hydrogens (tertiary/aromatic N) is 1. The molecule has 3 N–H and O–H groups in total. The minimum absolute atomic E-state index is 0.0422. The molecular formula is C26H30N2O2. The van der Waals surface area contributed by atoms with Crippen LogP contribution in [-0.2, 0) is 0 Å². The van der Waals surface area contributed by atoms with Crippen LogP contribution in [-0.4, -0.2) is 32.6 Å². The van der Waals surface area contributed by atoms with Crippen LogP contribution in [0.1, 0.15) is 57.4 Å². The molecule has 0 amide bonds. The highest BCUT2D eigenvalue weighted by molar-refractivity contribution is 5.84. The van der Waals surface area contributed by atoms with E-state index in [1.165, 1.54) is 27.9 Å². The SMILES string of the molecule is CC12CC(O)C3=C(CCC4CCC(O)CC4=C3)C1CC=C2c1ccc2cn[nH]c2c1. The van der Waals surface area contributed by atoms with Crippen LogP contribution in [0.3, 0.4) is 0 Å². The van der Waals surface area contributed by atoms with Gasteiger partial charge < -0.3 is 10.2 Å². The zero-order chi connectivity index (χ0) is 20.5. The fourth-order valence-electron chi connectivity index (χ4n) is 6.84. The monoisotopic (exact) mass is 402 g/mol. The molecule has 4 aliphatic carbocycles. The van der Waals surface area contributed by atoms with Crippen LogP contribution in [0.15, 0.2) is 53.3 Å². The van der Waals surface area contributed by atoms with Crippen molar-refractivity contribution in [2.24, 2.45) is 17.3 Å². The molecule has 0 radical (unpaired) electrons. The van der Waals surface area contributed by atoms with Gasteiger partial charge in [0.05, 0.1) is 23.9 Å². The maximum atomic E-state index is 11.3. The van der Waals surface area contributed by atoms with Crippen LogP contribution in [0.4, 0.5) is 0 Å². The first kappa shape index (κ1) is 18.6. The van der Waals surface area contributed by atoms with Crippen LogP contribution in [0.2, 0.25) is 0 Å². The number of hydrogen-bond acceptors (Lipinski definition) is 3. The number of benzene rings is 1. The second-order valence-corrected chi connectivity index (χ2v) is 10.1. The molecule has 4 aliphatic rings. The summed E-state index contributed by atoms with van der Waals surface area (Å²) >= 11 is 0. The number of aromatic nitrogens is 2. The summed E-state index contributed by atoms with van der Waals surface area (Å²) in [5.74, 6) is 1.04. The van der Waals surface area contributed by atoms with E-state index in [0.29, 0.717) is 11.8 Å². The van der Waals surface area contributed by atoms with Gasteiger partial charge in [0.2, 0.25) is 0 Å². The van der Waals surface area contributed by atoms with Crippen molar-refractivity contribution in [3.63, 3.8) is 0 Å². The van der Waals surface area contributed by atoms with Crippen LogP contribution in [0.5, 0.6) is 0 Å². The lowest BCUT2D eigenvalue weighted by atomic mass is 9.61. The molecule has 0 bridgehead atoms. The lowest BCUT2D eigenvalue weighted by molar-refractivity contribution is 0.124. The van der Waals surface area contributed by atoms with E-state index in [-0.39, 0.29) is 11.5 Å². The normalized spacial score (nSPS) is 36.0. The Morgan fingerprint density at radius 1 is 1.17 bits per heavy atom. The van der Waals surface area contributed by atoms with Crippen molar-refractivity contribution in [3.8, 4) is 0 Å².